The highest BCUT2D eigenvalue weighted by molar-refractivity contribution is 5.84. The molecule has 0 aliphatic heterocycles. The largest absolute Gasteiger partial charge is 0.466 e. The number of carbonyl (C=O) groups is 2. The third-order valence-electron chi connectivity index (χ3n) is 3.63. The average molecular weight is 254 g/mol. The number of hydrogen-bond donors (Lipinski definition) is 1. The lowest BCUT2D eigenvalue weighted by Gasteiger charge is -2.24. The molecule has 1 fully saturated rings. The summed E-state index contributed by atoms with van der Waals surface area (Å²) in [5, 5.41) is 8.67. The van der Waals surface area contributed by atoms with Crippen LogP contribution in [-0.2, 0) is 19.1 Å². The molecule has 2 aliphatic rings. The molecule has 0 aromatic carbocycles. The third kappa shape index (κ3) is 2.27. The Labute approximate surface area is 106 Å². The van der Waals surface area contributed by atoms with Crippen molar-refractivity contribution in [1.82, 2.24) is 0 Å². The normalized spacial score (nSPS) is 32.6. The smallest absolute Gasteiger partial charge is 0.310 e. The molecule has 0 saturated heterocycles. The molecule has 0 amide bonds. The van der Waals surface area contributed by atoms with Crippen LogP contribution in [0.25, 0.3) is 0 Å². The van der Waals surface area contributed by atoms with Crippen molar-refractivity contribution in [3.05, 3.63) is 12.2 Å². The van der Waals surface area contributed by atoms with Gasteiger partial charge in [0.25, 0.3) is 0 Å². The first kappa shape index (κ1) is 13.1. The molecule has 0 heterocycles. The molecule has 0 spiro atoms. The molecule has 2 bridgehead atoms. The van der Waals surface area contributed by atoms with Crippen molar-refractivity contribution in [3.63, 3.8) is 0 Å². The SMILES string of the molecule is CCOC(=O)[C@@H]1[C@@H](C(=O)OCCO)[C@H]2C=C[C@@H]1C2. The summed E-state index contributed by atoms with van der Waals surface area (Å²) in [5.41, 5.74) is 0. The molecule has 2 aliphatic carbocycles. The molecule has 0 radical (unpaired) electrons. The van der Waals surface area contributed by atoms with Crippen LogP contribution in [0.2, 0.25) is 0 Å². The number of esters is 2. The van der Waals surface area contributed by atoms with Crippen molar-refractivity contribution in [2.24, 2.45) is 23.7 Å². The minimum atomic E-state index is -0.453. The second-order valence-corrected chi connectivity index (χ2v) is 4.64. The van der Waals surface area contributed by atoms with Crippen molar-refractivity contribution in [1.29, 1.82) is 0 Å². The summed E-state index contributed by atoms with van der Waals surface area (Å²) in [6.45, 7) is 1.84. The lowest BCUT2D eigenvalue weighted by atomic mass is 9.83. The van der Waals surface area contributed by atoms with Gasteiger partial charge in [-0.2, -0.15) is 0 Å². The fraction of sp³-hybridized carbons (Fsp3) is 0.692. The average Bonchev–Trinajstić information content (AvgIpc) is 2.96. The molecule has 18 heavy (non-hydrogen) atoms. The maximum absolute atomic E-state index is 11.9. The number of hydrogen-bond acceptors (Lipinski definition) is 5. The van der Waals surface area contributed by atoms with Crippen LogP contribution in [0, 0.1) is 23.7 Å². The van der Waals surface area contributed by atoms with Gasteiger partial charge in [-0.15, -0.1) is 0 Å². The molecule has 1 N–H and O–H groups in total. The second kappa shape index (κ2) is 5.52. The fourth-order valence-corrected chi connectivity index (χ4v) is 2.95. The van der Waals surface area contributed by atoms with Gasteiger partial charge in [-0.1, -0.05) is 12.2 Å². The Balaban J connectivity index is 2.09. The van der Waals surface area contributed by atoms with Crippen molar-refractivity contribution in [2.75, 3.05) is 19.8 Å². The minimum absolute atomic E-state index is 0.0218. The predicted molar refractivity (Wildman–Crippen MR) is 62.4 cm³/mol. The Morgan fingerprint density at radius 2 is 1.72 bits per heavy atom. The van der Waals surface area contributed by atoms with E-state index in [4.69, 9.17) is 14.6 Å². The van der Waals surface area contributed by atoms with E-state index in [-0.39, 0.29) is 31.0 Å². The molecule has 5 heteroatoms. The number of carbonyl (C=O) groups excluding carboxylic acids is 2. The van der Waals surface area contributed by atoms with E-state index in [0.29, 0.717) is 6.61 Å². The van der Waals surface area contributed by atoms with Gasteiger partial charge in [0.2, 0.25) is 0 Å². The zero-order valence-corrected chi connectivity index (χ0v) is 10.4. The summed E-state index contributed by atoms with van der Waals surface area (Å²) in [4.78, 5) is 23.8. The molecular weight excluding hydrogens is 236 g/mol. The van der Waals surface area contributed by atoms with E-state index in [2.05, 4.69) is 0 Å². The Morgan fingerprint density at radius 1 is 1.17 bits per heavy atom. The monoisotopic (exact) mass is 254 g/mol. The molecule has 0 aromatic heterocycles. The van der Waals surface area contributed by atoms with Crippen LogP contribution in [0.3, 0.4) is 0 Å². The van der Waals surface area contributed by atoms with Crippen LogP contribution >= 0.6 is 0 Å². The van der Waals surface area contributed by atoms with Gasteiger partial charge in [-0.25, -0.2) is 0 Å². The summed E-state index contributed by atoms with van der Waals surface area (Å²) in [5.74, 6) is -1.45. The molecule has 0 aromatic rings. The number of rotatable bonds is 5. The highest BCUT2D eigenvalue weighted by Gasteiger charge is 2.52. The van der Waals surface area contributed by atoms with Gasteiger partial charge in [0.05, 0.1) is 25.0 Å². The number of aliphatic hydroxyl groups is 1. The first-order valence-corrected chi connectivity index (χ1v) is 6.31. The van der Waals surface area contributed by atoms with E-state index in [1.165, 1.54) is 0 Å². The Kier molecular flexibility index (Phi) is 4.01. The Bertz CT molecular complexity index is 362. The van der Waals surface area contributed by atoms with Crippen LogP contribution in [0.4, 0.5) is 0 Å². The second-order valence-electron chi connectivity index (χ2n) is 4.64. The first-order valence-electron chi connectivity index (χ1n) is 6.31. The maximum Gasteiger partial charge on any atom is 0.310 e. The van der Waals surface area contributed by atoms with Crippen molar-refractivity contribution in [3.8, 4) is 0 Å². The third-order valence-corrected chi connectivity index (χ3v) is 3.63. The zero-order valence-electron chi connectivity index (χ0n) is 10.4. The maximum atomic E-state index is 11.9. The summed E-state index contributed by atoms with van der Waals surface area (Å²) < 4.78 is 9.99. The van der Waals surface area contributed by atoms with Crippen molar-refractivity contribution < 1.29 is 24.2 Å². The number of fused-ring (bicyclic) bond motifs is 2. The van der Waals surface area contributed by atoms with Crippen LogP contribution < -0.4 is 0 Å². The van der Waals surface area contributed by atoms with E-state index < -0.39 is 17.8 Å². The zero-order chi connectivity index (χ0) is 13.1. The molecule has 100 valence electrons. The highest BCUT2D eigenvalue weighted by atomic mass is 16.5. The molecule has 1 saturated carbocycles. The summed E-state index contributed by atoms with van der Waals surface area (Å²) >= 11 is 0. The minimum Gasteiger partial charge on any atom is -0.466 e. The van der Waals surface area contributed by atoms with E-state index in [9.17, 15) is 9.59 Å². The molecule has 5 nitrogen and oxygen atoms in total. The standard InChI is InChI=1S/C13H18O5/c1-2-17-12(15)10-8-3-4-9(7-8)11(10)13(16)18-6-5-14/h3-4,8-11,14H,2,5-7H2,1H3/t8-,9+,10+,11+/m1/s1. The van der Waals surface area contributed by atoms with Gasteiger partial charge in [0, 0.05) is 0 Å². The predicted octanol–water partition coefficient (Wildman–Crippen LogP) is 0.523. The molecule has 0 unspecified atom stereocenters. The lowest BCUT2D eigenvalue weighted by molar-refractivity contribution is -0.161. The molecular formula is C13H18O5. The topological polar surface area (TPSA) is 72.8 Å². The van der Waals surface area contributed by atoms with Gasteiger partial charge >= 0.3 is 11.9 Å². The van der Waals surface area contributed by atoms with Gasteiger partial charge in [0.15, 0.2) is 0 Å². The first-order chi connectivity index (χ1) is 8.69. The van der Waals surface area contributed by atoms with E-state index >= 15 is 0 Å². The summed E-state index contributed by atoms with van der Waals surface area (Å²) in [6.07, 6.45) is 4.77. The fourth-order valence-electron chi connectivity index (χ4n) is 2.95. The van der Waals surface area contributed by atoms with Crippen LogP contribution in [0.15, 0.2) is 12.2 Å². The van der Waals surface area contributed by atoms with E-state index in [1.54, 1.807) is 6.92 Å². The summed E-state index contributed by atoms with van der Waals surface area (Å²) in [6, 6.07) is 0. The van der Waals surface area contributed by atoms with Crippen LogP contribution in [0.5, 0.6) is 0 Å². The highest BCUT2D eigenvalue weighted by Crippen LogP contribution is 2.48. The number of aliphatic hydroxyl groups excluding tert-OH is 1. The molecule has 4 atom stereocenters. The lowest BCUT2D eigenvalue weighted by Crippen LogP contribution is -2.35. The van der Waals surface area contributed by atoms with Gasteiger partial charge < -0.3 is 14.6 Å². The quantitative estimate of drug-likeness (QED) is 0.572. The van der Waals surface area contributed by atoms with Gasteiger partial charge in [0.1, 0.15) is 6.61 Å². The number of ether oxygens (including phenoxy) is 2. The van der Waals surface area contributed by atoms with Crippen molar-refractivity contribution in [2.45, 2.75) is 13.3 Å². The Morgan fingerprint density at radius 3 is 2.22 bits per heavy atom. The van der Waals surface area contributed by atoms with Crippen molar-refractivity contribution >= 4 is 11.9 Å². The van der Waals surface area contributed by atoms with E-state index in [0.717, 1.165) is 6.42 Å². The number of allylic oxidation sites excluding steroid dienone is 2. The molecule has 2 rings (SSSR count). The summed E-state index contributed by atoms with van der Waals surface area (Å²) in [7, 11) is 0. The Hall–Kier alpha value is -1.36. The van der Waals surface area contributed by atoms with Crippen LogP contribution in [-0.4, -0.2) is 36.9 Å². The van der Waals surface area contributed by atoms with Crippen LogP contribution in [0.1, 0.15) is 13.3 Å². The van der Waals surface area contributed by atoms with Gasteiger partial charge in [-0.3, -0.25) is 9.59 Å². The van der Waals surface area contributed by atoms with E-state index in [1.807, 2.05) is 12.2 Å². The van der Waals surface area contributed by atoms with Gasteiger partial charge in [-0.05, 0) is 25.2 Å².